The van der Waals surface area contributed by atoms with Crippen molar-refractivity contribution >= 4 is 35.4 Å². The second-order valence-corrected chi connectivity index (χ2v) is 19.5. The van der Waals surface area contributed by atoms with Crippen molar-refractivity contribution in [1.29, 1.82) is 0 Å². The Morgan fingerprint density at radius 2 is 1.05 bits per heavy atom. The molecule has 0 bridgehead atoms. The number of carbonyl (C=O) groups excluding carboxylic acids is 4. The molecule has 0 radical (unpaired) electrons. The first-order chi connectivity index (χ1) is 39.8. The van der Waals surface area contributed by atoms with Crippen molar-refractivity contribution in [3.05, 3.63) is 191 Å². The zero-order valence-electron chi connectivity index (χ0n) is 45.7. The smallest absolute Gasteiger partial charge is 0.414 e. The second-order valence-electron chi connectivity index (χ2n) is 19.5. The van der Waals surface area contributed by atoms with Crippen molar-refractivity contribution in [2.45, 2.75) is 65.3 Å². The molecule has 2 aromatic heterocycles. The summed E-state index contributed by atoms with van der Waals surface area (Å²) < 4.78 is 54.8. The van der Waals surface area contributed by atoms with Crippen LogP contribution in [-0.2, 0) is 58.3 Å². The van der Waals surface area contributed by atoms with Crippen LogP contribution in [0.15, 0.2) is 146 Å². The van der Waals surface area contributed by atoms with Crippen LogP contribution in [0.3, 0.4) is 0 Å². The molecule has 0 unspecified atom stereocenters. The summed E-state index contributed by atoms with van der Waals surface area (Å²) in [5.41, 5.74) is 9.22. The van der Waals surface area contributed by atoms with E-state index in [4.69, 9.17) is 18.9 Å². The fourth-order valence-corrected chi connectivity index (χ4v) is 9.15. The standard InChI is InChI=1S/2C30H31FN6O4/c1-20(38)33-17-27-19-36(30(39)41-27)24-9-12-28(29(31)13-24)23-7-3-21(4-8-23)14-32-15-25-16-34-35-37(25)18-22-5-10-26(40-2)11-6-22;1-20(38)33-16-27-19-37(30(39)41-27)25-9-12-28(29(31)13-25)23-7-3-21(4-8-23)14-32-15-24-18-36(35-34-24)17-22-5-10-26(40-2)11-6-22/h3-13,16,27,32H,14-15,17-19H2,1-2H3,(H,33,38);3-13,18,27,32H,14-17,19H2,1-2H3,(H,33,38)/t2*27-/m00/s1. The van der Waals surface area contributed by atoms with Crippen molar-refractivity contribution in [2.75, 3.05) is 50.2 Å². The van der Waals surface area contributed by atoms with E-state index in [0.717, 1.165) is 56.3 Å². The van der Waals surface area contributed by atoms with E-state index in [0.29, 0.717) is 61.8 Å². The molecule has 2 fully saturated rings. The highest BCUT2D eigenvalue weighted by atomic mass is 19.1. The van der Waals surface area contributed by atoms with E-state index < -0.39 is 36.0 Å². The van der Waals surface area contributed by atoms with Gasteiger partial charge in [-0.15, -0.1) is 10.2 Å². The molecule has 4 heterocycles. The van der Waals surface area contributed by atoms with E-state index in [9.17, 15) is 19.2 Å². The van der Waals surface area contributed by atoms with Gasteiger partial charge in [0, 0.05) is 51.2 Å². The van der Waals surface area contributed by atoms with Crippen LogP contribution in [0.2, 0.25) is 0 Å². The SMILES string of the molecule is COc1ccc(Cn2cc(CNCc3ccc(-c4ccc(N5C[C@H](CNC(C)=O)OC5=O)cc4F)cc3)nn2)cc1.COc1ccc(Cn2nncc2CNCc2ccc(-c3ccc(N4C[C@H](CNC(C)=O)OC4=O)cc3F)cc2)cc1. The average molecular weight is 1120 g/mol. The number of benzene rings is 6. The van der Waals surface area contributed by atoms with Crippen LogP contribution in [0, 0.1) is 11.6 Å². The number of hydrogen-bond donors (Lipinski definition) is 4. The third-order valence-corrected chi connectivity index (χ3v) is 13.5. The Hall–Kier alpha value is -9.54. The van der Waals surface area contributed by atoms with Crippen LogP contribution >= 0.6 is 0 Å². The number of nitrogens with one attached hydrogen (secondary N) is 4. The van der Waals surface area contributed by atoms with Crippen LogP contribution in [-0.4, -0.2) is 107 Å². The second kappa shape index (κ2) is 27.1. The van der Waals surface area contributed by atoms with Crippen molar-refractivity contribution in [2.24, 2.45) is 0 Å². The van der Waals surface area contributed by atoms with Gasteiger partial charge in [0.15, 0.2) is 0 Å². The van der Waals surface area contributed by atoms with Crippen molar-refractivity contribution in [3.8, 4) is 33.8 Å². The number of halogens is 2. The summed E-state index contributed by atoms with van der Waals surface area (Å²) in [7, 11) is 3.28. The molecule has 20 nitrogen and oxygen atoms in total. The minimum Gasteiger partial charge on any atom is -0.497 e. The number of nitrogens with zero attached hydrogens (tertiary/aromatic N) is 8. The molecule has 2 atom stereocenters. The topological polar surface area (TPSA) is 221 Å². The Morgan fingerprint density at radius 3 is 1.51 bits per heavy atom. The van der Waals surface area contributed by atoms with Crippen LogP contribution in [0.25, 0.3) is 22.3 Å². The molecular weight excluding hydrogens is 1050 g/mol. The lowest BCUT2D eigenvalue weighted by Gasteiger charge is -2.15. The molecule has 22 heteroatoms. The van der Waals surface area contributed by atoms with Gasteiger partial charge in [0.25, 0.3) is 0 Å². The summed E-state index contributed by atoms with van der Waals surface area (Å²) >= 11 is 0. The van der Waals surface area contributed by atoms with E-state index in [2.05, 4.69) is 41.9 Å². The summed E-state index contributed by atoms with van der Waals surface area (Å²) in [6.45, 7) is 7.29. The van der Waals surface area contributed by atoms with Crippen molar-refractivity contribution in [1.82, 2.24) is 51.3 Å². The maximum atomic E-state index is 15.1. The quantitative estimate of drug-likeness (QED) is 0.0509. The lowest BCUT2D eigenvalue weighted by Crippen LogP contribution is -2.33. The van der Waals surface area contributed by atoms with E-state index >= 15 is 8.78 Å². The average Bonchev–Trinajstić information content (AvgIpc) is 4.44. The third kappa shape index (κ3) is 15.2. The maximum Gasteiger partial charge on any atom is 0.414 e. The molecule has 0 spiro atoms. The number of carbonyl (C=O) groups is 4. The number of amides is 4. The molecule has 2 aliphatic rings. The highest BCUT2D eigenvalue weighted by molar-refractivity contribution is 5.91. The van der Waals surface area contributed by atoms with Gasteiger partial charge in [-0.05, 0) is 94.0 Å². The van der Waals surface area contributed by atoms with Crippen molar-refractivity contribution < 1.29 is 46.9 Å². The number of cyclic esters (lactones) is 2. The molecule has 6 aromatic carbocycles. The maximum absolute atomic E-state index is 15.1. The molecule has 2 aliphatic heterocycles. The molecule has 0 aliphatic carbocycles. The van der Waals surface area contributed by atoms with Gasteiger partial charge >= 0.3 is 12.2 Å². The van der Waals surface area contributed by atoms with E-state index in [1.54, 1.807) is 49.4 Å². The summed E-state index contributed by atoms with van der Waals surface area (Å²) in [5.74, 6) is 0.329. The molecule has 82 heavy (non-hydrogen) atoms. The summed E-state index contributed by atoms with van der Waals surface area (Å²) in [5, 5.41) is 28.7. The number of anilines is 2. The van der Waals surface area contributed by atoms with E-state index in [1.165, 1.54) is 35.8 Å². The molecule has 4 N–H and O–H groups in total. The van der Waals surface area contributed by atoms with Crippen LogP contribution in [0.4, 0.5) is 29.7 Å². The third-order valence-electron chi connectivity index (χ3n) is 13.5. The zero-order chi connectivity index (χ0) is 57.5. The van der Waals surface area contributed by atoms with Crippen LogP contribution in [0.1, 0.15) is 47.5 Å². The summed E-state index contributed by atoms with van der Waals surface area (Å²) in [4.78, 5) is 49.5. The zero-order valence-corrected chi connectivity index (χ0v) is 45.7. The monoisotopic (exact) mass is 1120 g/mol. The molecule has 2 saturated heterocycles. The normalized spacial score (nSPS) is 14.7. The first-order valence-electron chi connectivity index (χ1n) is 26.4. The molecule has 0 saturated carbocycles. The lowest BCUT2D eigenvalue weighted by atomic mass is 10.0. The summed E-state index contributed by atoms with van der Waals surface area (Å²) in [6.07, 6.45) is 1.56. The number of rotatable bonds is 22. The highest BCUT2D eigenvalue weighted by Gasteiger charge is 2.34. The molecule has 10 rings (SSSR count). The summed E-state index contributed by atoms with van der Waals surface area (Å²) in [6, 6.07) is 40.3. The first-order valence-corrected chi connectivity index (χ1v) is 26.4. The van der Waals surface area contributed by atoms with Gasteiger partial charge in [-0.2, -0.15) is 0 Å². The number of aromatic nitrogens is 6. The Bertz CT molecular complexity index is 3470. The van der Waals surface area contributed by atoms with Gasteiger partial charge in [0.05, 0.1) is 88.6 Å². The lowest BCUT2D eigenvalue weighted by molar-refractivity contribution is -0.120. The minimum atomic E-state index is -0.566. The predicted octanol–water partition coefficient (Wildman–Crippen LogP) is 7.78. The fraction of sp³-hybridized carbons (Fsp3) is 0.267. The van der Waals surface area contributed by atoms with Gasteiger partial charge in [0.2, 0.25) is 11.8 Å². The Morgan fingerprint density at radius 1 is 0.585 bits per heavy atom. The van der Waals surface area contributed by atoms with Gasteiger partial charge in [-0.25, -0.2) is 27.7 Å². The van der Waals surface area contributed by atoms with Gasteiger partial charge in [-0.1, -0.05) is 83.2 Å². The van der Waals surface area contributed by atoms with E-state index in [-0.39, 0.29) is 38.0 Å². The van der Waals surface area contributed by atoms with Gasteiger partial charge in [-0.3, -0.25) is 19.4 Å². The fourth-order valence-electron chi connectivity index (χ4n) is 9.15. The van der Waals surface area contributed by atoms with E-state index in [1.807, 2.05) is 108 Å². The highest BCUT2D eigenvalue weighted by Crippen LogP contribution is 2.31. The predicted molar refractivity (Wildman–Crippen MR) is 302 cm³/mol. The molecular formula is C60H62F2N12O8. The Kier molecular flexibility index (Phi) is 18.9. The van der Waals surface area contributed by atoms with Gasteiger partial charge < -0.3 is 40.2 Å². The molecule has 8 aromatic rings. The van der Waals surface area contributed by atoms with Gasteiger partial charge in [0.1, 0.15) is 35.3 Å². The largest absolute Gasteiger partial charge is 0.497 e. The van der Waals surface area contributed by atoms with Crippen LogP contribution in [0.5, 0.6) is 11.5 Å². The van der Waals surface area contributed by atoms with Crippen LogP contribution < -0.4 is 40.5 Å². The number of ether oxygens (including phenoxy) is 4. The Labute approximate surface area is 472 Å². The van der Waals surface area contributed by atoms with Crippen molar-refractivity contribution in [3.63, 3.8) is 0 Å². The Balaban J connectivity index is 0.000000198. The number of hydrogen-bond acceptors (Lipinski definition) is 14. The molecule has 4 amide bonds. The molecule has 424 valence electrons. The number of methoxy groups -OCH3 is 2. The first kappa shape index (κ1) is 57.2. The minimum absolute atomic E-state index is 0.206.